The summed E-state index contributed by atoms with van der Waals surface area (Å²) in [5, 5.41) is 6.26. The standard InChI is InChI=1S/C17H17N3O2/c1-2-13-8-10-15(11-9-13)19-16(21)17(22)20-18-12-14-6-4-3-5-7-14/h3-12H,2H2,1H3,(H,19,21)(H,20,22). The fourth-order valence-electron chi connectivity index (χ4n) is 1.77. The number of amides is 2. The van der Waals surface area contributed by atoms with E-state index in [0.29, 0.717) is 5.69 Å². The van der Waals surface area contributed by atoms with Gasteiger partial charge < -0.3 is 5.32 Å². The Morgan fingerprint density at radius 1 is 1.00 bits per heavy atom. The van der Waals surface area contributed by atoms with E-state index in [1.165, 1.54) is 6.21 Å². The van der Waals surface area contributed by atoms with Crippen molar-refractivity contribution in [3.63, 3.8) is 0 Å². The fourth-order valence-corrected chi connectivity index (χ4v) is 1.77. The summed E-state index contributed by atoms with van der Waals surface area (Å²) in [5.74, 6) is -1.57. The van der Waals surface area contributed by atoms with Crippen molar-refractivity contribution < 1.29 is 9.59 Å². The molecule has 0 radical (unpaired) electrons. The summed E-state index contributed by atoms with van der Waals surface area (Å²) in [5.41, 5.74) is 4.76. The van der Waals surface area contributed by atoms with E-state index in [1.54, 1.807) is 12.1 Å². The van der Waals surface area contributed by atoms with Crippen LogP contribution in [0.4, 0.5) is 5.69 Å². The van der Waals surface area contributed by atoms with Crippen LogP contribution in [0.3, 0.4) is 0 Å². The zero-order valence-electron chi connectivity index (χ0n) is 12.2. The second-order valence-electron chi connectivity index (χ2n) is 4.61. The van der Waals surface area contributed by atoms with E-state index in [9.17, 15) is 9.59 Å². The van der Waals surface area contributed by atoms with Crippen LogP contribution in [0.1, 0.15) is 18.1 Å². The van der Waals surface area contributed by atoms with Gasteiger partial charge in [-0.25, -0.2) is 5.43 Å². The van der Waals surface area contributed by atoms with E-state index in [4.69, 9.17) is 0 Å². The lowest BCUT2D eigenvalue weighted by molar-refractivity contribution is -0.136. The van der Waals surface area contributed by atoms with Gasteiger partial charge in [-0.3, -0.25) is 9.59 Å². The van der Waals surface area contributed by atoms with Crippen molar-refractivity contribution >= 4 is 23.7 Å². The number of carbonyl (C=O) groups excluding carboxylic acids is 2. The van der Waals surface area contributed by atoms with Gasteiger partial charge in [-0.1, -0.05) is 49.4 Å². The highest BCUT2D eigenvalue weighted by Gasteiger charge is 2.12. The molecule has 2 aromatic rings. The molecule has 2 amide bonds. The predicted octanol–water partition coefficient (Wildman–Crippen LogP) is 2.34. The summed E-state index contributed by atoms with van der Waals surface area (Å²) in [6, 6.07) is 16.6. The summed E-state index contributed by atoms with van der Waals surface area (Å²) in [4.78, 5) is 23.3. The van der Waals surface area contributed by atoms with E-state index >= 15 is 0 Å². The largest absolute Gasteiger partial charge is 0.329 e. The van der Waals surface area contributed by atoms with Gasteiger partial charge in [0.2, 0.25) is 0 Å². The molecule has 0 aliphatic heterocycles. The quantitative estimate of drug-likeness (QED) is 0.516. The van der Waals surface area contributed by atoms with Gasteiger partial charge in [0.25, 0.3) is 0 Å². The molecule has 0 aliphatic rings. The summed E-state index contributed by atoms with van der Waals surface area (Å²) in [6.45, 7) is 2.05. The highest BCUT2D eigenvalue weighted by atomic mass is 16.2. The molecule has 0 saturated carbocycles. The molecule has 0 aliphatic carbocycles. The molecule has 5 heteroatoms. The number of aryl methyl sites for hydroxylation is 1. The highest BCUT2D eigenvalue weighted by molar-refractivity contribution is 6.39. The smallest absolute Gasteiger partial charge is 0.318 e. The maximum atomic E-state index is 11.7. The summed E-state index contributed by atoms with van der Waals surface area (Å²) >= 11 is 0. The van der Waals surface area contributed by atoms with Crippen LogP contribution in [0.5, 0.6) is 0 Å². The Bertz CT molecular complexity index is 664. The van der Waals surface area contributed by atoms with Gasteiger partial charge in [-0.2, -0.15) is 5.10 Å². The maximum absolute atomic E-state index is 11.7. The van der Waals surface area contributed by atoms with E-state index < -0.39 is 11.8 Å². The molecule has 0 fully saturated rings. The SMILES string of the molecule is CCc1ccc(NC(=O)C(=O)NN=Cc2ccccc2)cc1. The molecule has 0 unspecified atom stereocenters. The van der Waals surface area contributed by atoms with Crippen molar-refractivity contribution in [2.45, 2.75) is 13.3 Å². The third-order valence-corrected chi connectivity index (χ3v) is 3.01. The van der Waals surface area contributed by atoms with Gasteiger partial charge in [0.1, 0.15) is 0 Å². The average molecular weight is 295 g/mol. The van der Waals surface area contributed by atoms with Crippen molar-refractivity contribution in [2.24, 2.45) is 5.10 Å². The van der Waals surface area contributed by atoms with Crippen LogP contribution in [0.25, 0.3) is 0 Å². The Morgan fingerprint density at radius 3 is 2.32 bits per heavy atom. The van der Waals surface area contributed by atoms with Gasteiger partial charge in [-0.05, 0) is 29.7 Å². The molecule has 2 N–H and O–H groups in total. The molecular weight excluding hydrogens is 278 g/mol. The molecule has 0 heterocycles. The van der Waals surface area contributed by atoms with Gasteiger partial charge in [0.15, 0.2) is 0 Å². The molecular formula is C17H17N3O2. The zero-order valence-corrected chi connectivity index (χ0v) is 12.2. The van der Waals surface area contributed by atoms with Crippen molar-refractivity contribution in [3.8, 4) is 0 Å². The minimum atomic E-state index is -0.813. The van der Waals surface area contributed by atoms with Gasteiger partial charge >= 0.3 is 11.8 Å². The summed E-state index contributed by atoms with van der Waals surface area (Å²) in [6.07, 6.45) is 2.39. The first kappa shape index (κ1) is 15.4. The normalized spacial score (nSPS) is 10.4. The Balaban J connectivity index is 1.86. The molecule has 112 valence electrons. The lowest BCUT2D eigenvalue weighted by Gasteiger charge is -2.04. The lowest BCUT2D eigenvalue weighted by Crippen LogP contribution is -2.32. The van der Waals surface area contributed by atoms with Crippen molar-refractivity contribution in [2.75, 3.05) is 5.32 Å². The van der Waals surface area contributed by atoms with Crippen LogP contribution in [-0.4, -0.2) is 18.0 Å². The Kier molecular flexibility index (Phi) is 5.43. The van der Waals surface area contributed by atoms with E-state index in [2.05, 4.69) is 15.8 Å². The number of hydrogen-bond acceptors (Lipinski definition) is 3. The number of hydrazone groups is 1. The Hall–Kier alpha value is -2.95. The van der Waals surface area contributed by atoms with Gasteiger partial charge in [0.05, 0.1) is 6.21 Å². The number of nitrogens with one attached hydrogen (secondary N) is 2. The first-order chi connectivity index (χ1) is 10.7. The van der Waals surface area contributed by atoms with E-state index in [1.807, 2.05) is 49.4 Å². The predicted molar refractivity (Wildman–Crippen MR) is 86.6 cm³/mol. The average Bonchev–Trinajstić information content (AvgIpc) is 2.56. The number of nitrogens with zero attached hydrogens (tertiary/aromatic N) is 1. The van der Waals surface area contributed by atoms with Crippen molar-refractivity contribution in [1.29, 1.82) is 0 Å². The monoisotopic (exact) mass is 295 g/mol. The second-order valence-corrected chi connectivity index (χ2v) is 4.61. The zero-order chi connectivity index (χ0) is 15.8. The Labute approximate surface area is 129 Å². The molecule has 0 saturated heterocycles. The molecule has 0 atom stereocenters. The lowest BCUT2D eigenvalue weighted by atomic mass is 10.1. The first-order valence-electron chi connectivity index (χ1n) is 6.97. The van der Waals surface area contributed by atoms with Crippen LogP contribution in [0.15, 0.2) is 59.7 Å². The molecule has 2 aromatic carbocycles. The van der Waals surface area contributed by atoms with E-state index in [0.717, 1.165) is 17.5 Å². The van der Waals surface area contributed by atoms with Crippen molar-refractivity contribution in [3.05, 3.63) is 65.7 Å². The third kappa shape index (κ3) is 4.56. The minimum absolute atomic E-state index is 0.574. The number of benzene rings is 2. The molecule has 0 aromatic heterocycles. The molecule has 0 spiro atoms. The van der Waals surface area contributed by atoms with Crippen LogP contribution >= 0.6 is 0 Å². The van der Waals surface area contributed by atoms with Crippen LogP contribution in [-0.2, 0) is 16.0 Å². The van der Waals surface area contributed by atoms with Gasteiger partial charge in [0, 0.05) is 5.69 Å². The fraction of sp³-hybridized carbons (Fsp3) is 0.118. The number of hydrogen-bond donors (Lipinski definition) is 2. The summed E-state index contributed by atoms with van der Waals surface area (Å²) in [7, 11) is 0. The number of rotatable bonds is 4. The minimum Gasteiger partial charge on any atom is -0.318 e. The van der Waals surface area contributed by atoms with Crippen molar-refractivity contribution in [1.82, 2.24) is 5.43 Å². The highest BCUT2D eigenvalue weighted by Crippen LogP contribution is 2.09. The molecule has 0 bridgehead atoms. The van der Waals surface area contributed by atoms with Crippen LogP contribution in [0, 0.1) is 0 Å². The van der Waals surface area contributed by atoms with Crippen LogP contribution < -0.4 is 10.7 Å². The molecule has 5 nitrogen and oxygen atoms in total. The third-order valence-electron chi connectivity index (χ3n) is 3.01. The second kappa shape index (κ2) is 7.73. The maximum Gasteiger partial charge on any atom is 0.329 e. The first-order valence-corrected chi connectivity index (χ1v) is 6.97. The number of anilines is 1. The molecule has 2 rings (SSSR count). The van der Waals surface area contributed by atoms with E-state index in [-0.39, 0.29) is 0 Å². The number of carbonyl (C=O) groups is 2. The topological polar surface area (TPSA) is 70.6 Å². The Morgan fingerprint density at radius 2 is 1.68 bits per heavy atom. The van der Waals surface area contributed by atoms with Gasteiger partial charge in [-0.15, -0.1) is 0 Å². The molecule has 22 heavy (non-hydrogen) atoms. The van der Waals surface area contributed by atoms with Crippen LogP contribution in [0.2, 0.25) is 0 Å². The summed E-state index contributed by atoms with van der Waals surface area (Å²) < 4.78 is 0.